The Morgan fingerprint density at radius 1 is 1.16 bits per heavy atom. The minimum atomic E-state index is 0.0638. The van der Waals surface area contributed by atoms with Gasteiger partial charge in [0, 0.05) is 56.9 Å². The molecule has 0 unspecified atom stereocenters. The first-order valence-corrected chi connectivity index (χ1v) is 8.59. The number of methoxy groups -OCH3 is 1. The molecular formula is C19H24N4O2. The molecular weight excluding hydrogens is 316 g/mol. The second-order valence-corrected chi connectivity index (χ2v) is 6.30. The molecule has 25 heavy (non-hydrogen) atoms. The Balaban J connectivity index is 1.60. The van der Waals surface area contributed by atoms with Crippen LogP contribution in [0, 0.1) is 6.92 Å². The number of carbonyl (C=O) groups is 1. The van der Waals surface area contributed by atoms with Crippen LogP contribution in [0.25, 0.3) is 0 Å². The number of pyridine rings is 2. The Labute approximate surface area is 148 Å². The van der Waals surface area contributed by atoms with E-state index in [1.807, 2.05) is 36.1 Å². The molecule has 1 fully saturated rings. The third-order valence-corrected chi connectivity index (χ3v) is 4.44. The van der Waals surface area contributed by atoms with Gasteiger partial charge in [-0.1, -0.05) is 0 Å². The molecule has 0 saturated carbocycles. The van der Waals surface area contributed by atoms with E-state index in [4.69, 9.17) is 4.74 Å². The van der Waals surface area contributed by atoms with Crippen molar-refractivity contribution >= 4 is 5.91 Å². The summed E-state index contributed by atoms with van der Waals surface area (Å²) in [7, 11) is 1.66. The van der Waals surface area contributed by atoms with Gasteiger partial charge in [0.2, 0.25) is 0 Å². The van der Waals surface area contributed by atoms with E-state index in [9.17, 15) is 4.79 Å². The van der Waals surface area contributed by atoms with E-state index in [1.54, 1.807) is 19.5 Å². The second-order valence-electron chi connectivity index (χ2n) is 6.30. The van der Waals surface area contributed by atoms with Crippen molar-refractivity contribution in [1.29, 1.82) is 0 Å². The summed E-state index contributed by atoms with van der Waals surface area (Å²) < 4.78 is 5.26. The monoisotopic (exact) mass is 340 g/mol. The van der Waals surface area contributed by atoms with Crippen LogP contribution in [0.2, 0.25) is 0 Å². The van der Waals surface area contributed by atoms with Gasteiger partial charge in [0.15, 0.2) is 0 Å². The number of aromatic nitrogens is 2. The van der Waals surface area contributed by atoms with Gasteiger partial charge in [-0.05, 0) is 31.5 Å². The van der Waals surface area contributed by atoms with Crippen LogP contribution < -0.4 is 4.74 Å². The van der Waals surface area contributed by atoms with E-state index in [0.717, 1.165) is 56.3 Å². The second kappa shape index (κ2) is 8.07. The third kappa shape index (κ3) is 4.54. The van der Waals surface area contributed by atoms with Crippen LogP contribution in [-0.2, 0) is 6.54 Å². The molecule has 2 aromatic rings. The summed E-state index contributed by atoms with van der Waals surface area (Å²) in [5.74, 6) is 0.886. The molecule has 2 aromatic heterocycles. The minimum absolute atomic E-state index is 0.0638. The van der Waals surface area contributed by atoms with E-state index in [1.165, 1.54) is 0 Å². The lowest BCUT2D eigenvalue weighted by Crippen LogP contribution is -2.35. The van der Waals surface area contributed by atoms with Gasteiger partial charge in [-0.3, -0.25) is 19.7 Å². The molecule has 0 radical (unpaired) electrons. The van der Waals surface area contributed by atoms with Crippen molar-refractivity contribution < 1.29 is 9.53 Å². The highest BCUT2D eigenvalue weighted by molar-refractivity contribution is 5.93. The molecule has 6 heteroatoms. The number of nitrogens with zero attached hydrogens (tertiary/aromatic N) is 4. The van der Waals surface area contributed by atoms with Crippen molar-refractivity contribution in [1.82, 2.24) is 19.8 Å². The van der Waals surface area contributed by atoms with Gasteiger partial charge in [0.25, 0.3) is 5.91 Å². The number of amides is 1. The maximum absolute atomic E-state index is 12.7. The summed E-state index contributed by atoms with van der Waals surface area (Å²) >= 11 is 0. The molecule has 0 spiro atoms. The fraction of sp³-hybridized carbons (Fsp3) is 0.421. The minimum Gasteiger partial charge on any atom is -0.497 e. The predicted octanol–water partition coefficient (Wildman–Crippen LogP) is 2.14. The smallest absolute Gasteiger partial charge is 0.255 e. The zero-order valence-electron chi connectivity index (χ0n) is 14.8. The number of rotatable bonds is 4. The molecule has 132 valence electrons. The van der Waals surface area contributed by atoms with Gasteiger partial charge in [-0.15, -0.1) is 0 Å². The molecule has 3 heterocycles. The van der Waals surface area contributed by atoms with Crippen molar-refractivity contribution in [3.8, 4) is 5.75 Å². The zero-order chi connectivity index (χ0) is 17.6. The largest absolute Gasteiger partial charge is 0.497 e. The van der Waals surface area contributed by atoms with E-state index >= 15 is 0 Å². The highest BCUT2D eigenvalue weighted by Crippen LogP contribution is 2.14. The Kier molecular flexibility index (Phi) is 5.60. The highest BCUT2D eigenvalue weighted by atomic mass is 16.5. The van der Waals surface area contributed by atoms with Gasteiger partial charge in [-0.2, -0.15) is 0 Å². The summed E-state index contributed by atoms with van der Waals surface area (Å²) in [5, 5.41) is 0. The first-order valence-electron chi connectivity index (χ1n) is 8.59. The SMILES string of the molecule is COc1ccnc(CN2CCCN(C(=O)c3ccc(C)nc3)CC2)c1. The van der Waals surface area contributed by atoms with Crippen LogP contribution in [0.4, 0.5) is 0 Å². The maximum Gasteiger partial charge on any atom is 0.255 e. The zero-order valence-corrected chi connectivity index (χ0v) is 14.8. The molecule has 3 rings (SSSR count). The average molecular weight is 340 g/mol. The molecule has 0 bridgehead atoms. The van der Waals surface area contributed by atoms with Crippen LogP contribution in [-0.4, -0.2) is 59.0 Å². The summed E-state index contributed by atoms with van der Waals surface area (Å²) in [4.78, 5) is 25.5. The number of hydrogen-bond acceptors (Lipinski definition) is 5. The van der Waals surface area contributed by atoms with Crippen molar-refractivity contribution in [3.05, 3.63) is 53.6 Å². The molecule has 1 amide bonds. The highest BCUT2D eigenvalue weighted by Gasteiger charge is 2.20. The summed E-state index contributed by atoms with van der Waals surface area (Å²) in [6, 6.07) is 7.55. The average Bonchev–Trinajstić information content (AvgIpc) is 2.87. The number of hydrogen-bond donors (Lipinski definition) is 0. The lowest BCUT2D eigenvalue weighted by atomic mass is 10.2. The number of aryl methyl sites for hydroxylation is 1. The first-order chi connectivity index (χ1) is 12.2. The molecule has 1 aliphatic heterocycles. The van der Waals surface area contributed by atoms with Gasteiger partial charge in [-0.25, -0.2) is 0 Å². The Morgan fingerprint density at radius 2 is 2.04 bits per heavy atom. The third-order valence-electron chi connectivity index (χ3n) is 4.44. The van der Waals surface area contributed by atoms with Gasteiger partial charge >= 0.3 is 0 Å². The standard InChI is InChI=1S/C19H24N4O2/c1-15-4-5-16(13-21-15)19(24)23-9-3-8-22(10-11-23)14-17-12-18(25-2)6-7-20-17/h4-7,12-13H,3,8-11,14H2,1-2H3. The van der Waals surface area contributed by atoms with E-state index in [2.05, 4.69) is 14.9 Å². The Morgan fingerprint density at radius 3 is 2.80 bits per heavy atom. The van der Waals surface area contributed by atoms with Crippen LogP contribution in [0.1, 0.15) is 28.2 Å². The van der Waals surface area contributed by atoms with Crippen LogP contribution in [0.5, 0.6) is 5.75 Å². The first kappa shape index (κ1) is 17.4. The van der Waals surface area contributed by atoms with Gasteiger partial charge < -0.3 is 9.64 Å². The van der Waals surface area contributed by atoms with Crippen LogP contribution in [0.15, 0.2) is 36.7 Å². The fourth-order valence-corrected chi connectivity index (χ4v) is 3.01. The summed E-state index contributed by atoms with van der Waals surface area (Å²) in [6.45, 7) is 5.97. The van der Waals surface area contributed by atoms with E-state index in [0.29, 0.717) is 5.56 Å². The van der Waals surface area contributed by atoms with Crippen molar-refractivity contribution in [2.24, 2.45) is 0 Å². The predicted molar refractivity (Wildman–Crippen MR) is 95.6 cm³/mol. The topological polar surface area (TPSA) is 58.6 Å². The van der Waals surface area contributed by atoms with Crippen molar-refractivity contribution in [2.45, 2.75) is 19.9 Å². The van der Waals surface area contributed by atoms with Crippen molar-refractivity contribution in [2.75, 3.05) is 33.3 Å². The number of carbonyl (C=O) groups excluding carboxylic acids is 1. The molecule has 0 N–H and O–H groups in total. The Bertz CT molecular complexity index is 718. The molecule has 1 aliphatic rings. The van der Waals surface area contributed by atoms with Crippen molar-refractivity contribution in [3.63, 3.8) is 0 Å². The summed E-state index contributed by atoms with van der Waals surface area (Å²) in [5.41, 5.74) is 2.57. The summed E-state index contributed by atoms with van der Waals surface area (Å²) in [6.07, 6.45) is 4.39. The van der Waals surface area contributed by atoms with Crippen LogP contribution >= 0.6 is 0 Å². The molecule has 0 aliphatic carbocycles. The van der Waals surface area contributed by atoms with E-state index in [-0.39, 0.29) is 5.91 Å². The van der Waals surface area contributed by atoms with Crippen LogP contribution in [0.3, 0.4) is 0 Å². The molecule has 0 aromatic carbocycles. The quantitative estimate of drug-likeness (QED) is 0.853. The van der Waals surface area contributed by atoms with Gasteiger partial charge in [0.05, 0.1) is 18.4 Å². The Hall–Kier alpha value is -2.47. The lowest BCUT2D eigenvalue weighted by molar-refractivity contribution is 0.0760. The normalized spacial score (nSPS) is 15.7. The van der Waals surface area contributed by atoms with Gasteiger partial charge in [0.1, 0.15) is 5.75 Å². The van der Waals surface area contributed by atoms with E-state index < -0.39 is 0 Å². The molecule has 6 nitrogen and oxygen atoms in total. The number of ether oxygens (including phenoxy) is 1. The fourth-order valence-electron chi connectivity index (χ4n) is 3.01. The lowest BCUT2D eigenvalue weighted by Gasteiger charge is -2.22. The maximum atomic E-state index is 12.7. The molecule has 1 saturated heterocycles. The molecule has 0 atom stereocenters.